The van der Waals surface area contributed by atoms with Gasteiger partial charge in [-0.15, -0.1) is 0 Å². The normalized spacial score (nSPS) is 21.0. The minimum Gasteiger partial charge on any atom is -0.497 e. The van der Waals surface area contributed by atoms with Gasteiger partial charge < -0.3 is 4.74 Å². The Morgan fingerprint density at radius 2 is 1.63 bits per heavy atom. The Labute approximate surface area is 182 Å². The summed E-state index contributed by atoms with van der Waals surface area (Å²) in [5, 5.41) is 0.503. The third-order valence-corrected chi connectivity index (χ3v) is 6.53. The molecule has 30 heavy (non-hydrogen) atoms. The summed E-state index contributed by atoms with van der Waals surface area (Å²) in [7, 11) is 1.68. The molecule has 3 nitrogen and oxygen atoms in total. The molecule has 0 aromatic heterocycles. The summed E-state index contributed by atoms with van der Waals surface area (Å²) < 4.78 is 19.9. The molecule has 1 fully saturated rings. The molecule has 3 unspecified atom stereocenters. The van der Waals surface area contributed by atoms with Crippen molar-refractivity contribution in [2.24, 2.45) is 0 Å². The Bertz CT molecular complexity index is 988. The van der Waals surface area contributed by atoms with Gasteiger partial charge in [0.15, 0.2) is 0 Å². The summed E-state index contributed by atoms with van der Waals surface area (Å²) in [5.74, 6) is 0.617. The second-order valence-electron chi connectivity index (χ2n) is 8.00. The van der Waals surface area contributed by atoms with Crippen LogP contribution < -0.4 is 14.5 Å². The van der Waals surface area contributed by atoms with Crippen molar-refractivity contribution in [2.75, 3.05) is 20.2 Å². The van der Waals surface area contributed by atoms with E-state index in [2.05, 4.69) is 43.3 Å². The molecule has 0 amide bonds. The molecule has 2 N–H and O–H groups in total. The second-order valence-corrected chi connectivity index (χ2v) is 8.41. The lowest BCUT2D eigenvalue weighted by Crippen LogP contribution is -3.22. The number of halogens is 2. The van der Waals surface area contributed by atoms with Crippen molar-refractivity contribution in [3.05, 3.63) is 99.8 Å². The van der Waals surface area contributed by atoms with Gasteiger partial charge in [-0.1, -0.05) is 41.9 Å². The van der Waals surface area contributed by atoms with E-state index in [-0.39, 0.29) is 12.0 Å². The summed E-state index contributed by atoms with van der Waals surface area (Å²) >= 11 is 6.35. The maximum absolute atomic E-state index is 14.5. The average molecular weight is 427 g/mol. The molecule has 1 heterocycles. The van der Waals surface area contributed by atoms with E-state index in [1.54, 1.807) is 19.2 Å². The van der Waals surface area contributed by atoms with Crippen molar-refractivity contribution < 1.29 is 18.9 Å². The standard InChI is InChI=1S/C25H26ClFN2O/c1-18-6-3-4-7-20(18)16-28-14-15-29(17-22-23(26)8-5-9-24(22)27)25(28)19-10-12-21(30-2)13-11-19/h3-13,25H,14-17H2,1-2H3/p+2. The van der Waals surface area contributed by atoms with Crippen molar-refractivity contribution in [2.45, 2.75) is 26.2 Å². The van der Waals surface area contributed by atoms with E-state index >= 15 is 0 Å². The lowest BCUT2D eigenvalue weighted by molar-refractivity contribution is -1.09. The molecule has 0 radical (unpaired) electrons. The van der Waals surface area contributed by atoms with Crippen LogP contribution in [-0.4, -0.2) is 20.2 Å². The smallest absolute Gasteiger partial charge is 0.241 e. The lowest BCUT2D eigenvalue weighted by Gasteiger charge is -2.25. The summed E-state index contributed by atoms with van der Waals surface area (Å²) in [6.07, 6.45) is 0.200. The van der Waals surface area contributed by atoms with E-state index in [0.717, 1.165) is 25.4 Å². The van der Waals surface area contributed by atoms with Gasteiger partial charge in [0.1, 0.15) is 37.7 Å². The van der Waals surface area contributed by atoms with Crippen LogP contribution in [0.25, 0.3) is 0 Å². The number of quaternary nitrogens is 2. The Morgan fingerprint density at radius 1 is 0.933 bits per heavy atom. The van der Waals surface area contributed by atoms with E-state index in [4.69, 9.17) is 16.3 Å². The molecular formula is C25H28ClFN2O+2. The summed E-state index contributed by atoms with van der Waals surface area (Å²) in [6, 6.07) is 21.8. The maximum atomic E-state index is 14.5. The predicted octanol–water partition coefficient (Wildman–Crippen LogP) is 2.98. The monoisotopic (exact) mass is 426 g/mol. The molecule has 3 aromatic carbocycles. The Kier molecular flexibility index (Phi) is 6.38. The first-order valence-electron chi connectivity index (χ1n) is 10.4. The minimum atomic E-state index is -0.226. The van der Waals surface area contributed by atoms with Gasteiger partial charge in [-0.2, -0.15) is 0 Å². The first-order chi connectivity index (χ1) is 14.6. The fourth-order valence-electron chi connectivity index (χ4n) is 4.53. The molecule has 156 valence electrons. The molecule has 1 saturated heterocycles. The number of methoxy groups -OCH3 is 1. The van der Waals surface area contributed by atoms with Gasteiger partial charge in [-0.3, -0.25) is 9.80 Å². The van der Waals surface area contributed by atoms with Gasteiger partial charge in [0, 0.05) is 5.56 Å². The highest BCUT2D eigenvalue weighted by Crippen LogP contribution is 2.19. The highest BCUT2D eigenvalue weighted by Gasteiger charge is 2.41. The number of ether oxygens (including phenoxy) is 1. The van der Waals surface area contributed by atoms with E-state index in [9.17, 15) is 4.39 Å². The minimum absolute atomic E-state index is 0.200. The van der Waals surface area contributed by atoms with Crippen LogP contribution in [0, 0.1) is 12.7 Å². The fraction of sp³-hybridized carbons (Fsp3) is 0.280. The van der Waals surface area contributed by atoms with Gasteiger partial charge in [0.05, 0.1) is 23.3 Å². The SMILES string of the molecule is COc1ccc(C2[NH+](Cc3ccccc3C)CC[NH+]2Cc2c(F)cccc2Cl)cc1. The second kappa shape index (κ2) is 9.17. The van der Waals surface area contributed by atoms with Crippen molar-refractivity contribution >= 4 is 11.6 Å². The molecule has 5 heteroatoms. The van der Waals surface area contributed by atoms with E-state index in [1.807, 2.05) is 12.1 Å². The number of benzene rings is 3. The molecule has 0 aliphatic carbocycles. The van der Waals surface area contributed by atoms with E-state index < -0.39 is 0 Å². The Hall–Kier alpha value is -2.40. The third-order valence-electron chi connectivity index (χ3n) is 6.18. The first-order valence-corrected chi connectivity index (χ1v) is 10.7. The van der Waals surface area contributed by atoms with E-state index in [0.29, 0.717) is 17.1 Å². The zero-order chi connectivity index (χ0) is 21.1. The van der Waals surface area contributed by atoms with E-state index in [1.165, 1.54) is 32.6 Å². The zero-order valence-electron chi connectivity index (χ0n) is 17.4. The Balaban J connectivity index is 1.66. The summed E-state index contributed by atoms with van der Waals surface area (Å²) in [6.45, 7) is 5.66. The van der Waals surface area contributed by atoms with Crippen LogP contribution in [0.4, 0.5) is 4.39 Å². The van der Waals surface area contributed by atoms with Crippen LogP contribution >= 0.6 is 11.6 Å². The van der Waals surface area contributed by atoms with Gasteiger partial charge in [-0.05, 0) is 48.9 Å². The molecule has 3 aromatic rings. The summed E-state index contributed by atoms with van der Waals surface area (Å²) in [5.41, 5.74) is 4.50. The molecule has 0 spiro atoms. The fourth-order valence-corrected chi connectivity index (χ4v) is 4.76. The van der Waals surface area contributed by atoms with Gasteiger partial charge in [0.25, 0.3) is 0 Å². The van der Waals surface area contributed by atoms with Crippen LogP contribution in [0.3, 0.4) is 0 Å². The van der Waals surface area contributed by atoms with Crippen LogP contribution in [-0.2, 0) is 13.1 Å². The first kappa shape index (κ1) is 20.9. The van der Waals surface area contributed by atoms with Crippen LogP contribution in [0.2, 0.25) is 5.02 Å². The van der Waals surface area contributed by atoms with Gasteiger partial charge >= 0.3 is 0 Å². The molecule has 4 rings (SSSR count). The maximum Gasteiger partial charge on any atom is 0.241 e. The van der Waals surface area contributed by atoms with Crippen LogP contribution in [0.5, 0.6) is 5.75 Å². The molecule has 3 atom stereocenters. The molecule has 1 aliphatic rings. The predicted molar refractivity (Wildman–Crippen MR) is 117 cm³/mol. The average Bonchev–Trinajstić information content (AvgIpc) is 3.14. The van der Waals surface area contributed by atoms with Crippen LogP contribution in [0.1, 0.15) is 28.4 Å². The van der Waals surface area contributed by atoms with Crippen molar-refractivity contribution in [1.29, 1.82) is 0 Å². The molecular weight excluding hydrogens is 399 g/mol. The summed E-state index contributed by atoms with van der Waals surface area (Å²) in [4.78, 5) is 2.81. The highest BCUT2D eigenvalue weighted by molar-refractivity contribution is 6.31. The van der Waals surface area contributed by atoms with Crippen molar-refractivity contribution in [3.63, 3.8) is 0 Å². The number of aryl methyl sites for hydroxylation is 1. The lowest BCUT2D eigenvalue weighted by atomic mass is 10.1. The number of nitrogens with one attached hydrogen (secondary N) is 2. The Morgan fingerprint density at radius 3 is 2.30 bits per heavy atom. The van der Waals surface area contributed by atoms with Gasteiger partial charge in [-0.25, -0.2) is 4.39 Å². The number of hydrogen-bond acceptors (Lipinski definition) is 1. The van der Waals surface area contributed by atoms with Crippen molar-refractivity contribution in [1.82, 2.24) is 0 Å². The number of hydrogen-bond donors (Lipinski definition) is 2. The highest BCUT2D eigenvalue weighted by atomic mass is 35.5. The number of rotatable bonds is 6. The van der Waals surface area contributed by atoms with Crippen LogP contribution in [0.15, 0.2) is 66.7 Å². The molecule has 0 saturated carbocycles. The topological polar surface area (TPSA) is 18.1 Å². The third kappa shape index (κ3) is 4.36. The molecule has 1 aliphatic heterocycles. The molecule has 0 bridgehead atoms. The largest absolute Gasteiger partial charge is 0.497 e. The quantitative estimate of drug-likeness (QED) is 0.620. The van der Waals surface area contributed by atoms with Gasteiger partial charge in [0.2, 0.25) is 6.17 Å². The zero-order valence-corrected chi connectivity index (χ0v) is 18.2. The van der Waals surface area contributed by atoms with Crippen molar-refractivity contribution in [3.8, 4) is 5.75 Å².